The Morgan fingerprint density at radius 1 is 1.17 bits per heavy atom. The summed E-state index contributed by atoms with van der Waals surface area (Å²) in [7, 11) is 0. The molecule has 0 aliphatic rings. The van der Waals surface area contributed by atoms with Crippen LogP contribution in [0.15, 0.2) is 0 Å². The van der Waals surface area contributed by atoms with E-state index in [1.165, 1.54) is 0 Å². The van der Waals surface area contributed by atoms with Crippen molar-refractivity contribution in [2.24, 2.45) is 0 Å². The Hall–Kier alpha value is 1.12. The van der Waals surface area contributed by atoms with Crippen LogP contribution in [0.1, 0.15) is 19.8 Å². The first-order valence-corrected chi connectivity index (χ1v) is 5.10. The summed E-state index contributed by atoms with van der Waals surface area (Å²) < 4.78 is -3.93. The Balaban J connectivity index is 4.50. The monoisotopic (exact) mass is 270 g/mol. The van der Waals surface area contributed by atoms with Gasteiger partial charge < -0.3 is 0 Å². The van der Waals surface area contributed by atoms with Gasteiger partial charge in [0, 0.05) is 6.42 Å². The average Bonchev–Trinajstić information content (AvgIpc) is 1.85. The lowest BCUT2D eigenvalue weighted by Gasteiger charge is -2.25. The molecular formula is C6H7Cl5O. The van der Waals surface area contributed by atoms with Gasteiger partial charge in [0.15, 0.2) is 5.78 Å². The number of alkyl halides is 5. The SMILES string of the molecule is CCCC(=O)C(Cl)(Cl)C(Cl)(Cl)Cl. The first kappa shape index (κ1) is 13.1. The number of carbonyl (C=O) groups excluding carboxylic acids is 1. The second-order valence-electron chi connectivity index (χ2n) is 2.25. The average molecular weight is 272 g/mol. The zero-order valence-corrected chi connectivity index (χ0v) is 9.99. The minimum atomic E-state index is -1.98. The fourth-order valence-corrected chi connectivity index (χ4v) is 1.05. The van der Waals surface area contributed by atoms with Crippen molar-refractivity contribution in [2.45, 2.75) is 27.9 Å². The van der Waals surface area contributed by atoms with Crippen molar-refractivity contribution in [1.29, 1.82) is 0 Å². The van der Waals surface area contributed by atoms with Crippen molar-refractivity contribution in [2.75, 3.05) is 0 Å². The molecule has 0 aliphatic carbocycles. The molecule has 0 aromatic carbocycles. The van der Waals surface area contributed by atoms with Crippen LogP contribution in [0.4, 0.5) is 0 Å². The number of ketones is 1. The predicted molar refractivity (Wildman–Crippen MR) is 54.6 cm³/mol. The van der Waals surface area contributed by atoms with Crippen molar-refractivity contribution >= 4 is 63.8 Å². The predicted octanol–water partition coefficient (Wildman–Crippen LogP) is 3.90. The maximum absolute atomic E-state index is 11.2. The van der Waals surface area contributed by atoms with E-state index in [1.54, 1.807) is 6.92 Å². The van der Waals surface area contributed by atoms with E-state index in [2.05, 4.69) is 0 Å². The molecule has 0 heterocycles. The third kappa shape index (κ3) is 3.12. The number of carbonyl (C=O) groups is 1. The van der Waals surface area contributed by atoms with Crippen LogP contribution < -0.4 is 0 Å². The lowest BCUT2D eigenvalue weighted by atomic mass is 10.2. The van der Waals surface area contributed by atoms with Crippen LogP contribution in [0.3, 0.4) is 0 Å². The van der Waals surface area contributed by atoms with Gasteiger partial charge in [-0.2, -0.15) is 0 Å². The molecule has 0 aromatic rings. The Labute approximate surface area is 96.2 Å². The third-order valence-corrected chi connectivity index (χ3v) is 3.60. The summed E-state index contributed by atoms with van der Waals surface area (Å²) >= 11 is 27.3. The van der Waals surface area contributed by atoms with Crippen molar-refractivity contribution in [3.63, 3.8) is 0 Å². The van der Waals surface area contributed by atoms with E-state index in [-0.39, 0.29) is 6.42 Å². The van der Waals surface area contributed by atoms with Gasteiger partial charge in [-0.3, -0.25) is 4.79 Å². The van der Waals surface area contributed by atoms with Crippen molar-refractivity contribution in [1.82, 2.24) is 0 Å². The Kier molecular flexibility index (Phi) is 4.99. The topological polar surface area (TPSA) is 17.1 Å². The van der Waals surface area contributed by atoms with Gasteiger partial charge in [-0.1, -0.05) is 64.9 Å². The summed E-state index contributed by atoms with van der Waals surface area (Å²) in [5.74, 6) is -0.478. The van der Waals surface area contributed by atoms with E-state index in [1.807, 2.05) is 0 Å². The highest BCUT2D eigenvalue weighted by molar-refractivity contribution is 6.79. The van der Waals surface area contributed by atoms with Gasteiger partial charge in [-0.15, -0.1) is 0 Å². The van der Waals surface area contributed by atoms with E-state index in [0.29, 0.717) is 6.42 Å². The van der Waals surface area contributed by atoms with Gasteiger partial charge in [-0.05, 0) is 6.42 Å². The second-order valence-corrected chi connectivity index (χ2v) is 5.85. The molecule has 72 valence electrons. The zero-order valence-electron chi connectivity index (χ0n) is 6.21. The van der Waals surface area contributed by atoms with Crippen molar-refractivity contribution in [3.05, 3.63) is 0 Å². The van der Waals surface area contributed by atoms with E-state index in [4.69, 9.17) is 58.0 Å². The van der Waals surface area contributed by atoms with Gasteiger partial charge in [-0.25, -0.2) is 0 Å². The molecular weight excluding hydrogens is 265 g/mol. The van der Waals surface area contributed by atoms with E-state index < -0.39 is 13.9 Å². The standard InChI is InChI=1S/C6H7Cl5O/c1-2-3-4(12)5(7,8)6(9,10)11/h2-3H2,1H3. The van der Waals surface area contributed by atoms with Crippen LogP contribution in [0.5, 0.6) is 0 Å². The van der Waals surface area contributed by atoms with Gasteiger partial charge in [0.05, 0.1) is 0 Å². The maximum atomic E-state index is 11.2. The molecule has 0 saturated heterocycles. The smallest absolute Gasteiger partial charge is 0.230 e. The van der Waals surface area contributed by atoms with Crippen LogP contribution in [-0.4, -0.2) is 13.9 Å². The highest BCUT2D eigenvalue weighted by Crippen LogP contribution is 2.47. The fraction of sp³-hybridized carbons (Fsp3) is 0.833. The van der Waals surface area contributed by atoms with Crippen LogP contribution in [0.2, 0.25) is 0 Å². The normalized spacial score (nSPS) is 13.2. The Bertz CT molecular complexity index is 171. The molecule has 0 saturated carbocycles. The Morgan fingerprint density at radius 3 is 1.83 bits per heavy atom. The molecule has 6 heteroatoms. The van der Waals surface area contributed by atoms with Crippen LogP contribution in [-0.2, 0) is 4.79 Å². The first-order valence-electron chi connectivity index (χ1n) is 3.21. The van der Waals surface area contributed by atoms with E-state index >= 15 is 0 Å². The molecule has 0 aromatic heterocycles. The molecule has 0 unspecified atom stereocenters. The summed E-state index contributed by atoms with van der Waals surface area (Å²) in [5, 5.41) is 0. The summed E-state index contributed by atoms with van der Waals surface area (Å²) in [6.45, 7) is 1.81. The zero-order chi connectivity index (χ0) is 9.99. The quantitative estimate of drug-likeness (QED) is 0.712. The van der Waals surface area contributed by atoms with Gasteiger partial charge in [0.25, 0.3) is 0 Å². The molecule has 12 heavy (non-hydrogen) atoms. The number of rotatable bonds is 3. The molecule has 0 radical (unpaired) electrons. The minimum absolute atomic E-state index is 0.195. The van der Waals surface area contributed by atoms with Crippen molar-refractivity contribution < 1.29 is 4.79 Å². The molecule has 0 rings (SSSR count). The highest BCUT2D eigenvalue weighted by atomic mass is 35.6. The van der Waals surface area contributed by atoms with Gasteiger partial charge in [0.2, 0.25) is 8.13 Å². The molecule has 0 spiro atoms. The molecule has 0 aliphatic heterocycles. The van der Waals surface area contributed by atoms with Crippen LogP contribution >= 0.6 is 58.0 Å². The molecule has 0 amide bonds. The fourth-order valence-electron chi connectivity index (χ4n) is 0.542. The van der Waals surface area contributed by atoms with Crippen LogP contribution in [0, 0.1) is 0 Å². The molecule has 0 fully saturated rings. The molecule has 0 bridgehead atoms. The lowest BCUT2D eigenvalue weighted by Crippen LogP contribution is -2.39. The highest BCUT2D eigenvalue weighted by Gasteiger charge is 2.51. The number of Topliss-reactive ketones (excluding diaryl/α,β-unsaturated/α-hetero) is 1. The summed E-state index contributed by atoms with van der Waals surface area (Å²) in [6, 6.07) is 0. The van der Waals surface area contributed by atoms with E-state index in [0.717, 1.165) is 0 Å². The number of hydrogen-bond acceptors (Lipinski definition) is 1. The first-order chi connectivity index (χ1) is 5.23. The largest absolute Gasteiger partial charge is 0.296 e. The maximum Gasteiger partial charge on any atom is 0.230 e. The number of halogens is 5. The van der Waals surface area contributed by atoms with E-state index in [9.17, 15) is 4.79 Å². The third-order valence-electron chi connectivity index (χ3n) is 1.18. The van der Waals surface area contributed by atoms with Gasteiger partial charge in [0.1, 0.15) is 0 Å². The van der Waals surface area contributed by atoms with Gasteiger partial charge >= 0.3 is 0 Å². The summed E-state index contributed by atoms with van der Waals surface area (Å²) in [6.07, 6.45) is 0.807. The summed E-state index contributed by atoms with van der Waals surface area (Å²) in [4.78, 5) is 11.2. The molecule has 1 nitrogen and oxygen atoms in total. The second kappa shape index (κ2) is 4.56. The summed E-state index contributed by atoms with van der Waals surface area (Å²) in [5.41, 5.74) is 0. The minimum Gasteiger partial charge on any atom is -0.296 e. The molecule has 0 atom stereocenters. The number of hydrogen-bond donors (Lipinski definition) is 0. The Morgan fingerprint density at radius 2 is 1.58 bits per heavy atom. The van der Waals surface area contributed by atoms with Crippen LogP contribution in [0.25, 0.3) is 0 Å². The molecule has 0 N–H and O–H groups in total. The van der Waals surface area contributed by atoms with Crippen molar-refractivity contribution in [3.8, 4) is 0 Å². The lowest BCUT2D eigenvalue weighted by molar-refractivity contribution is -0.119.